The van der Waals surface area contributed by atoms with Gasteiger partial charge in [-0.15, -0.1) is 0 Å². The van der Waals surface area contributed by atoms with Gasteiger partial charge in [0.1, 0.15) is 0 Å². The highest BCUT2D eigenvalue weighted by atomic mass is 19.4. The minimum Gasteiger partial charge on any atom is -0.338 e. The summed E-state index contributed by atoms with van der Waals surface area (Å²) in [5.41, 5.74) is 1.30. The molecule has 25 heavy (non-hydrogen) atoms. The van der Waals surface area contributed by atoms with Gasteiger partial charge in [0.25, 0.3) is 0 Å². The highest BCUT2D eigenvalue weighted by Crippen LogP contribution is 2.47. The van der Waals surface area contributed by atoms with Crippen LogP contribution in [0, 0.1) is 5.92 Å². The predicted octanol–water partition coefficient (Wildman–Crippen LogP) is 2.90. The average Bonchev–Trinajstić information content (AvgIpc) is 3.24. The fourth-order valence-corrected chi connectivity index (χ4v) is 3.54. The molecule has 2 N–H and O–H groups in total. The van der Waals surface area contributed by atoms with Gasteiger partial charge in [0.2, 0.25) is 0 Å². The molecule has 1 heterocycles. The number of nitrogens with one attached hydrogen (secondary N) is 2. The van der Waals surface area contributed by atoms with Gasteiger partial charge in [-0.05, 0) is 37.3 Å². The van der Waals surface area contributed by atoms with Crippen molar-refractivity contribution in [2.45, 2.75) is 30.9 Å². The summed E-state index contributed by atoms with van der Waals surface area (Å²) in [6.45, 7) is 0.958. The van der Waals surface area contributed by atoms with Crippen molar-refractivity contribution in [1.82, 2.24) is 15.5 Å². The van der Waals surface area contributed by atoms with Gasteiger partial charge in [-0.1, -0.05) is 30.3 Å². The van der Waals surface area contributed by atoms with E-state index in [1.54, 1.807) is 0 Å². The molecule has 2 aliphatic rings. The molecule has 3 rings (SSSR count). The molecule has 4 nitrogen and oxygen atoms in total. The number of hydrogen-bond acceptors (Lipinski definition) is 2. The molecule has 1 aromatic rings. The van der Waals surface area contributed by atoms with Crippen LogP contribution >= 0.6 is 0 Å². The van der Waals surface area contributed by atoms with Crippen LogP contribution in [0.3, 0.4) is 0 Å². The van der Waals surface area contributed by atoms with Crippen molar-refractivity contribution in [3.8, 4) is 0 Å². The molecule has 138 valence electrons. The Kier molecular flexibility index (Phi) is 5.22. The fraction of sp³-hybridized carbons (Fsp3) is 0.611. The van der Waals surface area contributed by atoms with Crippen molar-refractivity contribution in [3.63, 3.8) is 0 Å². The van der Waals surface area contributed by atoms with Crippen LogP contribution < -0.4 is 10.6 Å². The fourth-order valence-electron chi connectivity index (χ4n) is 3.54. The van der Waals surface area contributed by atoms with Crippen LogP contribution in [0.5, 0.6) is 0 Å². The summed E-state index contributed by atoms with van der Waals surface area (Å²) in [4.78, 5) is 13.4. The number of hydrogen-bond donors (Lipinski definition) is 2. The zero-order valence-corrected chi connectivity index (χ0v) is 14.1. The van der Waals surface area contributed by atoms with Crippen molar-refractivity contribution in [2.24, 2.45) is 5.92 Å². The Balaban J connectivity index is 1.37. The molecule has 2 amide bonds. The van der Waals surface area contributed by atoms with E-state index < -0.39 is 12.7 Å². The summed E-state index contributed by atoms with van der Waals surface area (Å²) in [6, 6.07) is 9.91. The van der Waals surface area contributed by atoms with Crippen molar-refractivity contribution >= 4 is 6.03 Å². The Bertz CT molecular complexity index is 587. The number of nitrogens with zero attached hydrogens (tertiary/aromatic N) is 1. The SMILES string of the molecule is O=C(NCC1CCN(CC(F)(F)F)C1)NCC1(c2ccccc2)CC1. The summed E-state index contributed by atoms with van der Waals surface area (Å²) in [5, 5.41) is 5.72. The number of likely N-dealkylation sites (tertiary alicyclic amines) is 1. The average molecular weight is 355 g/mol. The van der Waals surface area contributed by atoms with Gasteiger partial charge in [-0.3, -0.25) is 4.90 Å². The van der Waals surface area contributed by atoms with Crippen LogP contribution in [0.15, 0.2) is 30.3 Å². The Morgan fingerprint density at radius 2 is 1.92 bits per heavy atom. The molecule has 1 atom stereocenters. The molecule has 0 radical (unpaired) electrons. The molecule has 1 unspecified atom stereocenters. The van der Waals surface area contributed by atoms with E-state index in [4.69, 9.17) is 0 Å². The molecule has 1 saturated heterocycles. The van der Waals surface area contributed by atoms with Crippen molar-refractivity contribution in [2.75, 3.05) is 32.7 Å². The van der Waals surface area contributed by atoms with Crippen LogP contribution in [-0.4, -0.2) is 49.8 Å². The lowest BCUT2D eigenvalue weighted by atomic mass is 9.96. The van der Waals surface area contributed by atoms with Crippen molar-refractivity contribution in [1.29, 1.82) is 0 Å². The Morgan fingerprint density at radius 1 is 1.20 bits per heavy atom. The summed E-state index contributed by atoms with van der Waals surface area (Å²) in [6.07, 6.45) is -1.35. The molecule has 0 spiro atoms. The molecule has 1 saturated carbocycles. The minimum atomic E-state index is -4.16. The normalized spacial score (nSPS) is 22.6. The van der Waals surface area contributed by atoms with Crippen LogP contribution in [0.2, 0.25) is 0 Å². The third kappa shape index (κ3) is 5.11. The van der Waals surface area contributed by atoms with Crippen LogP contribution in [0.1, 0.15) is 24.8 Å². The highest BCUT2D eigenvalue weighted by molar-refractivity contribution is 5.74. The number of benzene rings is 1. The molecule has 1 aliphatic carbocycles. The lowest BCUT2D eigenvalue weighted by Crippen LogP contribution is -2.42. The molecular formula is C18H24F3N3O. The van der Waals surface area contributed by atoms with Gasteiger partial charge >= 0.3 is 12.2 Å². The lowest BCUT2D eigenvalue weighted by molar-refractivity contribution is -0.143. The first-order valence-corrected chi connectivity index (χ1v) is 8.73. The summed E-state index contributed by atoms with van der Waals surface area (Å²) < 4.78 is 37.2. The molecule has 0 aromatic heterocycles. The van der Waals surface area contributed by atoms with Gasteiger partial charge in [-0.2, -0.15) is 13.2 Å². The number of amides is 2. The maximum atomic E-state index is 12.4. The first kappa shape index (κ1) is 18.0. The molecule has 7 heteroatoms. The van der Waals surface area contributed by atoms with Gasteiger partial charge in [-0.25, -0.2) is 4.79 Å². The number of rotatable bonds is 6. The van der Waals surface area contributed by atoms with Crippen LogP contribution in [0.25, 0.3) is 0 Å². The monoisotopic (exact) mass is 355 g/mol. The van der Waals surface area contributed by atoms with E-state index in [9.17, 15) is 18.0 Å². The molecule has 0 bridgehead atoms. The first-order chi connectivity index (χ1) is 11.9. The minimum absolute atomic E-state index is 0.0511. The second-order valence-electron chi connectivity index (χ2n) is 7.21. The molecule has 1 aliphatic heterocycles. The third-order valence-electron chi connectivity index (χ3n) is 5.15. The third-order valence-corrected chi connectivity index (χ3v) is 5.15. The van der Waals surface area contributed by atoms with E-state index in [-0.39, 0.29) is 17.4 Å². The first-order valence-electron chi connectivity index (χ1n) is 8.73. The summed E-state index contributed by atoms with van der Waals surface area (Å²) >= 11 is 0. The van der Waals surface area contributed by atoms with Crippen LogP contribution in [-0.2, 0) is 5.41 Å². The highest BCUT2D eigenvalue weighted by Gasteiger charge is 2.44. The van der Waals surface area contributed by atoms with Gasteiger partial charge in [0, 0.05) is 25.0 Å². The van der Waals surface area contributed by atoms with E-state index in [0.717, 1.165) is 12.8 Å². The van der Waals surface area contributed by atoms with Crippen molar-refractivity contribution in [3.05, 3.63) is 35.9 Å². The summed E-state index contributed by atoms with van der Waals surface area (Å²) in [7, 11) is 0. The van der Waals surface area contributed by atoms with E-state index >= 15 is 0 Å². The van der Waals surface area contributed by atoms with Crippen molar-refractivity contribution < 1.29 is 18.0 Å². The zero-order chi connectivity index (χ0) is 17.9. The smallest absolute Gasteiger partial charge is 0.338 e. The second-order valence-corrected chi connectivity index (χ2v) is 7.21. The molecule has 1 aromatic carbocycles. The van der Waals surface area contributed by atoms with E-state index in [1.807, 2.05) is 18.2 Å². The summed E-state index contributed by atoms with van der Waals surface area (Å²) in [5.74, 6) is 0.0807. The predicted molar refractivity (Wildman–Crippen MR) is 89.4 cm³/mol. The Morgan fingerprint density at radius 3 is 2.56 bits per heavy atom. The number of halogens is 3. The number of carbonyl (C=O) groups excluding carboxylic acids is 1. The Hall–Kier alpha value is -1.76. The standard InChI is InChI=1S/C18H24F3N3O/c19-18(20,21)13-24-9-6-14(11-24)10-22-16(25)23-12-17(7-8-17)15-4-2-1-3-5-15/h1-5,14H,6-13H2,(H2,22,23,25). The molecular weight excluding hydrogens is 331 g/mol. The van der Waals surface area contributed by atoms with E-state index in [1.165, 1.54) is 10.5 Å². The van der Waals surface area contributed by atoms with Gasteiger partial charge < -0.3 is 10.6 Å². The van der Waals surface area contributed by atoms with Gasteiger partial charge in [0.05, 0.1) is 6.54 Å². The molecule has 2 fully saturated rings. The zero-order valence-electron chi connectivity index (χ0n) is 14.1. The number of carbonyl (C=O) groups is 1. The quantitative estimate of drug-likeness (QED) is 0.824. The maximum Gasteiger partial charge on any atom is 0.401 e. The largest absolute Gasteiger partial charge is 0.401 e. The van der Waals surface area contributed by atoms with E-state index in [0.29, 0.717) is 32.6 Å². The van der Waals surface area contributed by atoms with Crippen LogP contribution in [0.4, 0.5) is 18.0 Å². The van der Waals surface area contributed by atoms with Gasteiger partial charge in [0.15, 0.2) is 0 Å². The maximum absolute atomic E-state index is 12.4. The lowest BCUT2D eigenvalue weighted by Gasteiger charge is -2.19. The topological polar surface area (TPSA) is 44.4 Å². The van der Waals surface area contributed by atoms with E-state index in [2.05, 4.69) is 22.8 Å². The Labute approximate surface area is 145 Å². The number of urea groups is 1. The number of alkyl halides is 3. The second kappa shape index (κ2) is 7.23.